The Hall–Kier alpha value is 2.12. The number of rotatable bonds is 1. The van der Waals surface area contributed by atoms with Crippen LogP contribution in [-0.4, -0.2) is 18.2 Å². The van der Waals surface area contributed by atoms with Crippen LogP contribution in [0, 0.1) is 0 Å². The molecule has 2 N–H and O–H groups in total. The molecule has 5 nitrogen and oxygen atoms in total. The summed E-state index contributed by atoms with van der Waals surface area (Å²) < 4.78 is 28.0. The Labute approximate surface area is 106 Å². The molecule has 0 unspecified atom stereocenters. The van der Waals surface area contributed by atoms with Crippen LogP contribution in [0.4, 0.5) is 0 Å². The van der Waals surface area contributed by atoms with E-state index in [4.69, 9.17) is 18.2 Å². The van der Waals surface area contributed by atoms with E-state index in [2.05, 4.69) is 4.33 Å². The fourth-order valence-electron chi connectivity index (χ4n) is 0. The average Bonchev–Trinajstić information content (AvgIpc) is 1.35. The predicted molar refractivity (Wildman–Crippen MR) is 24.7 cm³/mol. The van der Waals surface area contributed by atoms with Crippen LogP contribution in [0.2, 0.25) is 0 Å². The molecule has 0 aliphatic rings. The minimum Gasteiger partial charge on any atom is -1.00 e. The van der Waals surface area contributed by atoms with Gasteiger partial charge in [0.25, 0.3) is 0 Å². The molecule has 0 bridgehead atoms. The summed E-state index contributed by atoms with van der Waals surface area (Å²) in [7, 11) is -4.61. The van der Waals surface area contributed by atoms with Crippen LogP contribution in [-0.2, 0) is 14.7 Å². The summed E-state index contributed by atoms with van der Waals surface area (Å²) in [5.74, 6) is 0. The Bertz CT molecular complexity index is 124. The van der Waals surface area contributed by atoms with Crippen LogP contribution in [0.1, 0.15) is 2.85 Å². The largest absolute Gasteiger partial charge is 1.00 e. The molecule has 0 radical (unpaired) electrons. The van der Waals surface area contributed by atoms with Gasteiger partial charge in [-0.05, 0) is 0 Å². The zero-order valence-electron chi connectivity index (χ0n) is 6.94. The summed E-state index contributed by atoms with van der Waals surface area (Å²) in [6, 6.07) is 0. The third-order valence-electron chi connectivity index (χ3n) is 0.0942. The van der Waals surface area contributed by atoms with E-state index >= 15 is 0 Å². The van der Waals surface area contributed by atoms with Crippen LogP contribution in [0.3, 0.4) is 0 Å². The molecule has 50 valence electrons. The third kappa shape index (κ3) is 25.5. The van der Waals surface area contributed by atoms with Gasteiger partial charge < -0.3 is 2.85 Å². The molecule has 0 atom stereocenters. The maximum atomic E-state index is 9.08. The molecule has 9 heavy (non-hydrogen) atoms. The maximum absolute atomic E-state index is 9.08. The molecule has 0 aromatic carbocycles. The van der Waals surface area contributed by atoms with Crippen LogP contribution >= 0.6 is 12.4 Å². The van der Waals surface area contributed by atoms with Gasteiger partial charge in [-0.1, -0.05) is 4.33 Å². The molecule has 0 heterocycles. The van der Waals surface area contributed by atoms with E-state index < -0.39 is 10.4 Å². The summed E-state index contributed by atoms with van der Waals surface area (Å²) in [6.45, 7) is 0. The summed E-state index contributed by atoms with van der Waals surface area (Å²) in [5.41, 5.74) is 0. The summed E-state index contributed by atoms with van der Waals surface area (Å²) >= 11 is 0. The van der Waals surface area contributed by atoms with Crippen molar-refractivity contribution in [3.8, 4) is 0 Å². The van der Waals surface area contributed by atoms with Crippen LogP contribution < -0.4 is 59.1 Å². The van der Waals surface area contributed by atoms with Crippen molar-refractivity contribution in [3.05, 3.63) is 0 Å². The fourth-order valence-corrected chi connectivity index (χ4v) is 0. The Balaban J connectivity index is -0.0000000125. The van der Waals surface area contributed by atoms with Gasteiger partial charge in [-0.25, -0.2) is 5.26 Å². The van der Waals surface area contributed by atoms with Gasteiger partial charge in [-0.15, -0.1) is 12.4 Å². The molecule has 0 aliphatic carbocycles. The third-order valence-corrected chi connectivity index (χ3v) is 0.283. The topological polar surface area (TPSA) is 83.8 Å². The number of halogens is 1. The van der Waals surface area contributed by atoms with Crippen molar-refractivity contribution in [1.82, 2.24) is 0 Å². The molecule has 0 aliphatic heterocycles. The van der Waals surface area contributed by atoms with Crippen molar-refractivity contribution in [2.75, 3.05) is 0 Å². The number of hydrogen-bond donors (Lipinski definition) is 2. The van der Waals surface area contributed by atoms with Gasteiger partial charge in [0.2, 0.25) is 0 Å². The molecular formula is H5ClNa2O5S. The minimum atomic E-state index is -4.61. The molecule has 0 rings (SSSR count). The summed E-state index contributed by atoms with van der Waals surface area (Å²) in [4.78, 5) is 0. The zero-order valence-corrected chi connectivity index (χ0v) is 10.6. The van der Waals surface area contributed by atoms with Gasteiger partial charge >= 0.3 is 69.5 Å². The number of hydrogen-bond acceptors (Lipinski definition) is 4. The van der Waals surface area contributed by atoms with Crippen LogP contribution in [0.15, 0.2) is 0 Å². The Morgan fingerprint density at radius 3 is 1.44 bits per heavy atom. The first kappa shape index (κ1) is 22.5. The summed E-state index contributed by atoms with van der Waals surface area (Å²) in [6.07, 6.45) is 0. The molecule has 0 spiro atoms. The van der Waals surface area contributed by atoms with Crippen molar-refractivity contribution in [3.63, 3.8) is 0 Å². The van der Waals surface area contributed by atoms with Crippen molar-refractivity contribution in [2.24, 2.45) is 0 Å². The first-order valence-corrected chi connectivity index (χ1v) is 2.23. The molecule has 0 saturated heterocycles. The van der Waals surface area contributed by atoms with Gasteiger partial charge in [0.15, 0.2) is 0 Å². The van der Waals surface area contributed by atoms with E-state index in [9.17, 15) is 0 Å². The van der Waals surface area contributed by atoms with Gasteiger partial charge in [-0.3, -0.25) is 4.55 Å². The predicted octanol–water partition coefficient (Wildman–Crippen LogP) is -6.07. The van der Waals surface area contributed by atoms with Crippen LogP contribution in [0.25, 0.3) is 0 Å². The second kappa shape index (κ2) is 10.1. The maximum Gasteiger partial charge on any atom is 1.00 e. The van der Waals surface area contributed by atoms with Gasteiger partial charge in [-0.2, -0.15) is 8.42 Å². The zero-order chi connectivity index (χ0) is 5.21. The van der Waals surface area contributed by atoms with E-state index in [0.29, 0.717) is 0 Å². The second-order valence-corrected chi connectivity index (χ2v) is 1.51. The van der Waals surface area contributed by atoms with Crippen molar-refractivity contribution < 1.29 is 84.5 Å². The van der Waals surface area contributed by atoms with E-state index in [0.717, 1.165) is 0 Å². The van der Waals surface area contributed by atoms with E-state index in [1.165, 1.54) is 0 Å². The van der Waals surface area contributed by atoms with Gasteiger partial charge in [0, 0.05) is 0 Å². The quantitative estimate of drug-likeness (QED) is 0.190. The minimum absolute atomic E-state index is 0. The molecule has 0 aromatic heterocycles. The Kier molecular flexibility index (Phi) is 25.3. The normalized spacial score (nSPS) is 7.78. The smallest absolute Gasteiger partial charge is 1.00 e. The van der Waals surface area contributed by atoms with E-state index in [-0.39, 0.29) is 74.4 Å². The summed E-state index contributed by atoms with van der Waals surface area (Å²) in [5, 5.41) is 7.06. The fraction of sp³-hybridized carbons (Fsp3) is 0. The SMILES string of the molecule is Cl.O=S(=O)(O)OO.[H-].[H-].[Na+].[Na+]. The molecular weight excluding hydrogens is 193 g/mol. The molecule has 0 saturated carbocycles. The standard InChI is InChI=1S/ClH.2Na.H2O5S.2H/c;;;1-5-6(2,3)4;;/h1H;;;1H,(H,2,3,4);;/q;2*+1;;2*-1. The van der Waals surface area contributed by atoms with Gasteiger partial charge in [0.1, 0.15) is 0 Å². The first-order chi connectivity index (χ1) is 2.56. The monoisotopic (exact) mass is 198 g/mol. The van der Waals surface area contributed by atoms with Crippen molar-refractivity contribution in [2.45, 2.75) is 0 Å². The van der Waals surface area contributed by atoms with Gasteiger partial charge in [0.05, 0.1) is 0 Å². The Morgan fingerprint density at radius 1 is 1.33 bits per heavy atom. The average molecular weight is 199 g/mol. The molecule has 9 heteroatoms. The van der Waals surface area contributed by atoms with Crippen molar-refractivity contribution in [1.29, 1.82) is 0 Å². The van der Waals surface area contributed by atoms with E-state index in [1.54, 1.807) is 0 Å². The molecule has 0 amide bonds. The first-order valence-electron chi connectivity index (χ1n) is 0.865. The molecule has 0 fully saturated rings. The molecule has 0 aromatic rings. The van der Waals surface area contributed by atoms with Crippen LogP contribution in [0.5, 0.6) is 0 Å². The van der Waals surface area contributed by atoms with E-state index in [1.807, 2.05) is 0 Å². The second-order valence-electron chi connectivity index (χ2n) is 0.502. The Morgan fingerprint density at radius 2 is 1.44 bits per heavy atom. The van der Waals surface area contributed by atoms with Crippen molar-refractivity contribution >= 4 is 22.8 Å².